The highest BCUT2D eigenvalue weighted by Crippen LogP contribution is 2.49. The van der Waals surface area contributed by atoms with Gasteiger partial charge in [-0.1, -0.05) is 12.1 Å². The SMILES string of the molecule is COc1ccc(-c2[nH]c3ccc(C(F)(F)F)c(C(F)(F)F)c3c2-c2ccc(OC)cc2)cc1. The van der Waals surface area contributed by atoms with E-state index in [9.17, 15) is 26.3 Å². The molecular formula is C24H17F6NO2. The molecule has 4 rings (SSSR count). The Kier molecular flexibility index (Phi) is 5.51. The van der Waals surface area contributed by atoms with Crippen molar-refractivity contribution in [2.24, 2.45) is 0 Å². The van der Waals surface area contributed by atoms with Gasteiger partial charge >= 0.3 is 12.4 Å². The van der Waals surface area contributed by atoms with E-state index in [1.54, 1.807) is 24.3 Å². The third kappa shape index (κ3) is 4.10. The highest BCUT2D eigenvalue weighted by molar-refractivity contribution is 6.06. The number of hydrogen-bond donors (Lipinski definition) is 1. The zero-order valence-electron chi connectivity index (χ0n) is 17.4. The second-order valence-corrected chi connectivity index (χ2v) is 7.24. The summed E-state index contributed by atoms with van der Waals surface area (Å²) in [6.07, 6.45) is -10.4. The number of aromatic nitrogens is 1. The zero-order valence-corrected chi connectivity index (χ0v) is 17.4. The number of methoxy groups -OCH3 is 2. The number of benzene rings is 3. The molecule has 3 nitrogen and oxygen atoms in total. The molecule has 33 heavy (non-hydrogen) atoms. The highest BCUT2D eigenvalue weighted by Gasteiger charge is 2.45. The lowest BCUT2D eigenvalue weighted by atomic mass is 9.93. The molecule has 1 heterocycles. The quantitative estimate of drug-likeness (QED) is 0.316. The predicted octanol–water partition coefficient (Wildman–Crippen LogP) is 7.56. The molecule has 0 atom stereocenters. The normalized spacial score (nSPS) is 12.2. The van der Waals surface area contributed by atoms with Crippen LogP contribution in [0.4, 0.5) is 26.3 Å². The maximum absolute atomic E-state index is 14.1. The molecule has 0 unspecified atom stereocenters. The lowest BCUT2D eigenvalue weighted by Crippen LogP contribution is -2.17. The fourth-order valence-electron chi connectivity index (χ4n) is 3.84. The van der Waals surface area contributed by atoms with E-state index in [-0.39, 0.29) is 16.8 Å². The zero-order chi connectivity index (χ0) is 24.0. The van der Waals surface area contributed by atoms with Gasteiger partial charge in [0.2, 0.25) is 0 Å². The van der Waals surface area contributed by atoms with Crippen LogP contribution in [-0.2, 0) is 12.4 Å². The molecule has 0 saturated heterocycles. The van der Waals surface area contributed by atoms with E-state index in [1.165, 1.54) is 38.5 Å². The molecule has 0 fully saturated rings. The van der Waals surface area contributed by atoms with E-state index in [2.05, 4.69) is 4.98 Å². The molecule has 1 aromatic heterocycles. The summed E-state index contributed by atoms with van der Waals surface area (Å²) in [5.41, 5.74) is -2.48. The summed E-state index contributed by atoms with van der Waals surface area (Å²) in [7, 11) is 2.90. The van der Waals surface area contributed by atoms with Crippen molar-refractivity contribution in [2.45, 2.75) is 12.4 Å². The van der Waals surface area contributed by atoms with Gasteiger partial charge in [-0.2, -0.15) is 26.3 Å². The third-order valence-electron chi connectivity index (χ3n) is 5.31. The molecule has 172 valence electrons. The first-order valence-corrected chi connectivity index (χ1v) is 9.66. The molecule has 0 spiro atoms. The second-order valence-electron chi connectivity index (χ2n) is 7.24. The van der Waals surface area contributed by atoms with Crippen LogP contribution in [0.1, 0.15) is 11.1 Å². The molecule has 3 aromatic carbocycles. The Morgan fingerprint density at radius 1 is 0.636 bits per heavy atom. The van der Waals surface area contributed by atoms with Gasteiger partial charge in [0.05, 0.1) is 31.0 Å². The molecular weight excluding hydrogens is 448 g/mol. The molecule has 0 saturated carbocycles. The minimum atomic E-state index is -5.25. The number of hydrogen-bond acceptors (Lipinski definition) is 2. The first-order valence-electron chi connectivity index (χ1n) is 9.66. The molecule has 0 aliphatic carbocycles. The Bertz CT molecular complexity index is 1290. The van der Waals surface area contributed by atoms with E-state index < -0.39 is 28.9 Å². The van der Waals surface area contributed by atoms with Gasteiger partial charge in [-0.05, 0) is 59.7 Å². The number of aromatic amines is 1. The average molecular weight is 465 g/mol. The summed E-state index contributed by atoms with van der Waals surface area (Å²) in [4.78, 5) is 2.90. The molecule has 0 aliphatic heterocycles. The number of nitrogens with one attached hydrogen (secondary N) is 1. The van der Waals surface area contributed by atoms with Crippen LogP contribution < -0.4 is 9.47 Å². The molecule has 1 N–H and O–H groups in total. The molecule has 0 radical (unpaired) electrons. The van der Waals surface area contributed by atoms with E-state index in [0.717, 1.165) is 6.07 Å². The van der Waals surface area contributed by atoms with Crippen LogP contribution in [0.5, 0.6) is 11.5 Å². The minimum Gasteiger partial charge on any atom is -0.497 e. The van der Waals surface area contributed by atoms with Gasteiger partial charge in [-0.25, -0.2) is 0 Å². The van der Waals surface area contributed by atoms with Crippen molar-refractivity contribution in [3.05, 3.63) is 71.8 Å². The van der Waals surface area contributed by atoms with Crippen LogP contribution in [0.2, 0.25) is 0 Å². The maximum Gasteiger partial charge on any atom is 0.417 e. The van der Waals surface area contributed by atoms with Crippen LogP contribution in [0, 0.1) is 0 Å². The van der Waals surface area contributed by atoms with Crippen molar-refractivity contribution in [1.82, 2.24) is 4.98 Å². The van der Waals surface area contributed by atoms with E-state index in [1.807, 2.05) is 0 Å². The second kappa shape index (κ2) is 8.06. The predicted molar refractivity (Wildman–Crippen MR) is 112 cm³/mol. The Balaban J connectivity index is 2.13. The average Bonchev–Trinajstić information content (AvgIpc) is 3.16. The summed E-state index contributed by atoms with van der Waals surface area (Å²) >= 11 is 0. The Hall–Kier alpha value is -3.62. The van der Waals surface area contributed by atoms with Crippen molar-refractivity contribution in [1.29, 1.82) is 0 Å². The summed E-state index contributed by atoms with van der Waals surface area (Å²) in [5.74, 6) is 0.979. The molecule has 0 bridgehead atoms. The van der Waals surface area contributed by atoms with E-state index >= 15 is 0 Å². The lowest BCUT2D eigenvalue weighted by molar-refractivity contribution is -0.161. The minimum absolute atomic E-state index is 0.0104. The van der Waals surface area contributed by atoms with Gasteiger partial charge in [-0.3, -0.25) is 0 Å². The third-order valence-corrected chi connectivity index (χ3v) is 5.31. The van der Waals surface area contributed by atoms with E-state index in [0.29, 0.717) is 28.7 Å². The van der Waals surface area contributed by atoms with Gasteiger partial charge < -0.3 is 14.5 Å². The van der Waals surface area contributed by atoms with Crippen molar-refractivity contribution in [3.63, 3.8) is 0 Å². The van der Waals surface area contributed by atoms with Gasteiger partial charge in [0, 0.05) is 16.5 Å². The number of H-pyrrole nitrogens is 1. The lowest BCUT2D eigenvalue weighted by Gasteiger charge is -2.18. The number of ether oxygens (including phenoxy) is 2. The number of fused-ring (bicyclic) bond motifs is 1. The van der Waals surface area contributed by atoms with Crippen molar-refractivity contribution < 1.29 is 35.8 Å². The fraction of sp³-hybridized carbons (Fsp3) is 0.167. The largest absolute Gasteiger partial charge is 0.497 e. The van der Waals surface area contributed by atoms with Crippen molar-refractivity contribution in [3.8, 4) is 33.9 Å². The number of rotatable bonds is 4. The smallest absolute Gasteiger partial charge is 0.417 e. The monoisotopic (exact) mass is 465 g/mol. The summed E-state index contributed by atoms with van der Waals surface area (Å²) in [6, 6.07) is 14.0. The van der Waals surface area contributed by atoms with Crippen LogP contribution >= 0.6 is 0 Å². The molecule has 4 aromatic rings. The fourth-order valence-corrected chi connectivity index (χ4v) is 3.84. The van der Waals surface area contributed by atoms with Crippen molar-refractivity contribution in [2.75, 3.05) is 14.2 Å². The van der Waals surface area contributed by atoms with Gasteiger partial charge in [0.25, 0.3) is 0 Å². The summed E-state index contributed by atoms with van der Waals surface area (Å²) < 4.78 is 93.3. The van der Waals surface area contributed by atoms with E-state index in [4.69, 9.17) is 9.47 Å². The van der Waals surface area contributed by atoms with Crippen LogP contribution in [0.25, 0.3) is 33.3 Å². The van der Waals surface area contributed by atoms with Crippen LogP contribution in [0.15, 0.2) is 60.7 Å². The van der Waals surface area contributed by atoms with Gasteiger partial charge in [0.1, 0.15) is 11.5 Å². The first kappa shape index (κ1) is 22.6. The Labute approximate surface area is 184 Å². The Morgan fingerprint density at radius 3 is 1.61 bits per heavy atom. The Morgan fingerprint density at radius 2 is 1.15 bits per heavy atom. The standard InChI is InChI=1S/C24H17F6NO2/c1-32-15-7-3-13(4-8-15)19-20-18(31-22(19)14-5-9-16(33-2)10-6-14)12-11-17(23(25,26)27)21(20)24(28,29)30/h3-12,31H,1-2H3. The van der Waals surface area contributed by atoms with Gasteiger partial charge in [-0.15, -0.1) is 0 Å². The topological polar surface area (TPSA) is 34.2 Å². The van der Waals surface area contributed by atoms with Crippen LogP contribution in [0.3, 0.4) is 0 Å². The molecule has 0 aliphatic rings. The first-order chi connectivity index (χ1) is 15.5. The highest BCUT2D eigenvalue weighted by atomic mass is 19.4. The number of halogens is 6. The van der Waals surface area contributed by atoms with Crippen molar-refractivity contribution >= 4 is 10.9 Å². The molecule has 0 amide bonds. The summed E-state index contributed by atoms with van der Waals surface area (Å²) in [5, 5.41) is -0.548. The molecule has 9 heteroatoms. The summed E-state index contributed by atoms with van der Waals surface area (Å²) in [6.45, 7) is 0. The van der Waals surface area contributed by atoms with Gasteiger partial charge in [0.15, 0.2) is 0 Å². The maximum atomic E-state index is 14.1. The number of alkyl halides is 6. The van der Waals surface area contributed by atoms with Crippen LogP contribution in [-0.4, -0.2) is 19.2 Å².